The molecule has 2 aromatic carbocycles. The first-order valence-corrected chi connectivity index (χ1v) is 7.36. The molecule has 1 aromatic heterocycles. The Bertz CT molecular complexity index is 758. The molecule has 0 aliphatic heterocycles. The number of rotatable bonds is 4. The van der Waals surface area contributed by atoms with Crippen molar-refractivity contribution in [3.05, 3.63) is 65.5 Å². The number of para-hydroxylation sites is 2. The van der Waals surface area contributed by atoms with Crippen molar-refractivity contribution in [1.29, 1.82) is 0 Å². The number of fused-ring (bicyclic) bond motifs is 1. The van der Waals surface area contributed by atoms with Crippen LogP contribution in [0.1, 0.15) is 29.9 Å². The minimum Gasteiger partial charge on any atom is -0.330 e. The van der Waals surface area contributed by atoms with Crippen molar-refractivity contribution in [1.82, 2.24) is 14.9 Å². The summed E-state index contributed by atoms with van der Waals surface area (Å²) in [7, 11) is 2.07. The molecular weight excluding hydrogens is 258 g/mol. The van der Waals surface area contributed by atoms with E-state index in [-0.39, 0.29) is 0 Å². The van der Waals surface area contributed by atoms with E-state index in [2.05, 4.69) is 73.2 Å². The zero-order valence-corrected chi connectivity index (χ0v) is 12.8. The first kappa shape index (κ1) is 13.8. The molecule has 0 unspecified atom stereocenters. The molecule has 108 valence electrons. The van der Waals surface area contributed by atoms with Crippen LogP contribution in [0, 0.1) is 6.92 Å². The Morgan fingerprint density at radius 2 is 1.81 bits per heavy atom. The minimum atomic E-state index is 0.311. The van der Waals surface area contributed by atoms with Crippen LogP contribution < -0.4 is 5.32 Å². The number of hydrogen-bond acceptors (Lipinski definition) is 2. The van der Waals surface area contributed by atoms with E-state index in [1.165, 1.54) is 16.6 Å². The van der Waals surface area contributed by atoms with Crippen molar-refractivity contribution in [2.45, 2.75) is 26.4 Å². The van der Waals surface area contributed by atoms with E-state index in [4.69, 9.17) is 4.98 Å². The standard InChI is InChI=1S/C18H21N3/c1-13-8-4-5-9-15(13)14(2)19-12-18-20-16-10-6-7-11-17(16)21(18)3/h4-11,14,19H,12H2,1-3H3/t14-/m1/s1. The van der Waals surface area contributed by atoms with Crippen LogP contribution in [0.2, 0.25) is 0 Å². The Kier molecular flexibility index (Phi) is 3.76. The first-order valence-electron chi connectivity index (χ1n) is 7.36. The van der Waals surface area contributed by atoms with Crippen LogP contribution in [0.4, 0.5) is 0 Å². The Labute approximate surface area is 125 Å². The predicted molar refractivity (Wildman–Crippen MR) is 87.1 cm³/mol. The van der Waals surface area contributed by atoms with Crippen LogP contribution in [-0.2, 0) is 13.6 Å². The highest BCUT2D eigenvalue weighted by atomic mass is 15.1. The lowest BCUT2D eigenvalue weighted by molar-refractivity contribution is 0.549. The third-order valence-corrected chi connectivity index (χ3v) is 4.10. The molecule has 1 N–H and O–H groups in total. The summed E-state index contributed by atoms with van der Waals surface area (Å²) >= 11 is 0. The van der Waals surface area contributed by atoms with Gasteiger partial charge in [-0.25, -0.2) is 4.98 Å². The molecule has 0 fully saturated rings. The highest BCUT2D eigenvalue weighted by Gasteiger charge is 2.10. The quantitative estimate of drug-likeness (QED) is 0.788. The fourth-order valence-electron chi connectivity index (χ4n) is 2.78. The average molecular weight is 279 g/mol. The fourth-order valence-corrected chi connectivity index (χ4v) is 2.78. The van der Waals surface area contributed by atoms with Crippen molar-refractivity contribution in [2.75, 3.05) is 0 Å². The lowest BCUT2D eigenvalue weighted by Gasteiger charge is -2.16. The first-order chi connectivity index (χ1) is 10.2. The van der Waals surface area contributed by atoms with Crippen molar-refractivity contribution in [3.63, 3.8) is 0 Å². The highest BCUT2D eigenvalue weighted by Crippen LogP contribution is 2.18. The van der Waals surface area contributed by atoms with E-state index in [1.807, 2.05) is 6.07 Å². The van der Waals surface area contributed by atoms with E-state index in [0.717, 1.165) is 17.9 Å². The molecule has 0 saturated heterocycles. The fraction of sp³-hybridized carbons (Fsp3) is 0.278. The molecule has 0 radical (unpaired) electrons. The summed E-state index contributed by atoms with van der Waals surface area (Å²) in [6.45, 7) is 5.12. The zero-order valence-electron chi connectivity index (χ0n) is 12.8. The lowest BCUT2D eigenvalue weighted by atomic mass is 10.0. The number of aryl methyl sites for hydroxylation is 2. The lowest BCUT2D eigenvalue weighted by Crippen LogP contribution is -2.20. The Morgan fingerprint density at radius 1 is 1.10 bits per heavy atom. The maximum Gasteiger partial charge on any atom is 0.123 e. The topological polar surface area (TPSA) is 29.9 Å². The van der Waals surface area contributed by atoms with Gasteiger partial charge in [0.1, 0.15) is 5.82 Å². The number of nitrogens with one attached hydrogen (secondary N) is 1. The SMILES string of the molecule is Cc1ccccc1[C@@H](C)NCc1nc2ccccc2n1C. The normalized spacial score (nSPS) is 12.7. The van der Waals surface area contributed by atoms with Gasteiger partial charge in [-0.3, -0.25) is 0 Å². The van der Waals surface area contributed by atoms with E-state index in [1.54, 1.807) is 0 Å². The van der Waals surface area contributed by atoms with Gasteiger partial charge in [-0.2, -0.15) is 0 Å². The van der Waals surface area contributed by atoms with Crippen molar-refractivity contribution in [2.24, 2.45) is 7.05 Å². The van der Waals surface area contributed by atoms with Gasteiger partial charge >= 0.3 is 0 Å². The molecule has 0 spiro atoms. The number of hydrogen-bond donors (Lipinski definition) is 1. The number of benzene rings is 2. The molecule has 3 rings (SSSR count). The van der Waals surface area contributed by atoms with Gasteiger partial charge in [0.15, 0.2) is 0 Å². The van der Waals surface area contributed by atoms with E-state index in [9.17, 15) is 0 Å². The van der Waals surface area contributed by atoms with Crippen LogP contribution >= 0.6 is 0 Å². The molecule has 0 aliphatic carbocycles. The van der Waals surface area contributed by atoms with Crippen molar-refractivity contribution >= 4 is 11.0 Å². The molecular formula is C18H21N3. The third-order valence-electron chi connectivity index (χ3n) is 4.10. The molecule has 0 amide bonds. The van der Waals surface area contributed by atoms with Gasteiger partial charge < -0.3 is 9.88 Å². The smallest absolute Gasteiger partial charge is 0.123 e. The van der Waals surface area contributed by atoms with Crippen LogP contribution in [0.15, 0.2) is 48.5 Å². The van der Waals surface area contributed by atoms with Crippen LogP contribution in [0.5, 0.6) is 0 Å². The summed E-state index contributed by atoms with van der Waals surface area (Å²) in [5.74, 6) is 1.07. The van der Waals surface area contributed by atoms with Crippen LogP contribution in [0.3, 0.4) is 0 Å². The number of nitrogens with zero attached hydrogens (tertiary/aromatic N) is 2. The third kappa shape index (κ3) is 2.69. The summed E-state index contributed by atoms with van der Waals surface area (Å²) in [6, 6.07) is 17.1. The summed E-state index contributed by atoms with van der Waals surface area (Å²) < 4.78 is 2.16. The van der Waals surface area contributed by atoms with Gasteiger partial charge in [-0.1, -0.05) is 36.4 Å². The van der Waals surface area contributed by atoms with E-state index in [0.29, 0.717) is 6.04 Å². The molecule has 1 heterocycles. The summed E-state index contributed by atoms with van der Waals surface area (Å²) in [5.41, 5.74) is 4.90. The summed E-state index contributed by atoms with van der Waals surface area (Å²) in [4.78, 5) is 4.70. The molecule has 3 heteroatoms. The minimum absolute atomic E-state index is 0.311. The van der Waals surface area contributed by atoms with E-state index < -0.39 is 0 Å². The zero-order chi connectivity index (χ0) is 14.8. The van der Waals surface area contributed by atoms with Gasteiger partial charge in [0.2, 0.25) is 0 Å². The molecule has 3 aromatic rings. The molecule has 1 atom stereocenters. The monoisotopic (exact) mass is 279 g/mol. The van der Waals surface area contributed by atoms with Crippen LogP contribution in [-0.4, -0.2) is 9.55 Å². The highest BCUT2D eigenvalue weighted by molar-refractivity contribution is 5.75. The number of imidazole rings is 1. The summed E-state index contributed by atoms with van der Waals surface area (Å²) in [6.07, 6.45) is 0. The largest absolute Gasteiger partial charge is 0.330 e. The molecule has 3 nitrogen and oxygen atoms in total. The predicted octanol–water partition coefficient (Wildman–Crippen LogP) is 3.73. The van der Waals surface area contributed by atoms with Crippen molar-refractivity contribution in [3.8, 4) is 0 Å². The Hall–Kier alpha value is -2.13. The summed E-state index contributed by atoms with van der Waals surface area (Å²) in [5, 5.41) is 3.57. The second-order valence-corrected chi connectivity index (χ2v) is 5.53. The van der Waals surface area contributed by atoms with Gasteiger partial charge in [-0.05, 0) is 37.1 Å². The number of aromatic nitrogens is 2. The molecule has 21 heavy (non-hydrogen) atoms. The van der Waals surface area contributed by atoms with Crippen LogP contribution in [0.25, 0.3) is 11.0 Å². The molecule has 0 aliphatic rings. The van der Waals surface area contributed by atoms with Gasteiger partial charge in [0.25, 0.3) is 0 Å². The molecule has 0 bridgehead atoms. The van der Waals surface area contributed by atoms with Gasteiger partial charge in [0.05, 0.1) is 17.6 Å². The Balaban J connectivity index is 1.77. The second-order valence-electron chi connectivity index (χ2n) is 5.53. The molecule has 0 saturated carbocycles. The van der Waals surface area contributed by atoms with Gasteiger partial charge in [0, 0.05) is 13.1 Å². The van der Waals surface area contributed by atoms with Gasteiger partial charge in [-0.15, -0.1) is 0 Å². The maximum atomic E-state index is 4.70. The van der Waals surface area contributed by atoms with Crippen molar-refractivity contribution < 1.29 is 0 Å². The van der Waals surface area contributed by atoms with E-state index >= 15 is 0 Å². The average Bonchev–Trinajstić information content (AvgIpc) is 2.82. The second kappa shape index (κ2) is 5.70. The maximum absolute atomic E-state index is 4.70. The Morgan fingerprint density at radius 3 is 2.57 bits per heavy atom.